The number of rotatable bonds is 4. The summed E-state index contributed by atoms with van der Waals surface area (Å²) in [6.45, 7) is 4.90. The van der Waals surface area contributed by atoms with Gasteiger partial charge in [0.15, 0.2) is 6.29 Å². The lowest BCUT2D eigenvalue weighted by Crippen LogP contribution is -2.40. The summed E-state index contributed by atoms with van der Waals surface area (Å²) in [4.78, 5) is 14.3. The number of likely N-dealkylation sites (tertiary alicyclic amines) is 1. The molecule has 1 aromatic carbocycles. The predicted molar refractivity (Wildman–Crippen MR) is 91.8 cm³/mol. The average molecular weight is 331 g/mol. The quantitative estimate of drug-likeness (QED) is 0.796. The summed E-state index contributed by atoms with van der Waals surface area (Å²) in [5.41, 5.74) is 2.06. The Morgan fingerprint density at radius 1 is 1.25 bits per heavy atom. The third-order valence-electron chi connectivity index (χ3n) is 4.67. The summed E-state index contributed by atoms with van der Waals surface area (Å²) in [5.74, 6) is 1.22. The van der Waals surface area contributed by atoms with E-state index < -0.39 is 0 Å². The highest BCUT2D eigenvalue weighted by atomic mass is 16.7. The van der Waals surface area contributed by atoms with E-state index in [1.165, 1.54) is 0 Å². The van der Waals surface area contributed by atoms with Gasteiger partial charge in [0, 0.05) is 30.6 Å². The molecule has 0 aromatic heterocycles. The molecule has 2 aliphatic rings. The Bertz CT molecular complexity index is 599. The van der Waals surface area contributed by atoms with Gasteiger partial charge in [-0.1, -0.05) is 11.6 Å². The Hall–Kier alpha value is -1.85. The second-order valence-electron chi connectivity index (χ2n) is 6.35. The van der Waals surface area contributed by atoms with Crippen molar-refractivity contribution in [2.24, 2.45) is 5.92 Å². The Labute approximate surface area is 143 Å². The number of ether oxygens (including phenoxy) is 3. The number of amides is 1. The van der Waals surface area contributed by atoms with Gasteiger partial charge < -0.3 is 19.1 Å². The molecule has 0 aliphatic carbocycles. The van der Waals surface area contributed by atoms with Gasteiger partial charge in [-0.05, 0) is 38.0 Å². The third-order valence-corrected chi connectivity index (χ3v) is 4.67. The molecule has 3 rings (SSSR count). The first-order valence-corrected chi connectivity index (χ1v) is 8.52. The molecule has 130 valence electrons. The van der Waals surface area contributed by atoms with Crippen LogP contribution in [0.5, 0.6) is 5.75 Å². The van der Waals surface area contributed by atoms with Crippen LogP contribution in [-0.2, 0) is 14.3 Å². The van der Waals surface area contributed by atoms with Crippen molar-refractivity contribution in [3.05, 3.63) is 35.4 Å². The molecule has 5 heteroatoms. The molecule has 2 fully saturated rings. The smallest absolute Gasteiger partial charge is 0.246 e. The number of hydrogen-bond donors (Lipinski definition) is 0. The molecule has 0 unspecified atom stereocenters. The number of nitrogens with zero attached hydrogens (tertiary/aromatic N) is 1. The highest BCUT2D eigenvalue weighted by molar-refractivity contribution is 5.92. The molecule has 0 N–H and O–H groups in total. The summed E-state index contributed by atoms with van der Waals surface area (Å²) >= 11 is 0. The molecule has 0 spiro atoms. The molecule has 5 nitrogen and oxygen atoms in total. The summed E-state index contributed by atoms with van der Waals surface area (Å²) < 4.78 is 16.5. The fourth-order valence-corrected chi connectivity index (χ4v) is 3.29. The first kappa shape index (κ1) is 17.0. The number of carbonyl (C=O) groups excluding carboxylic acids is 1. The van der Waals surface area contributed by atoms with E-state index in [0.717, 1.165) is 42.8 Å². The molecule has 0 bridgehead atoms. The highest BCUT2D eigenvalue weighted by Gasteiger charge is 2.31. The number of methoxy groups -OCH3 is 1. The van der Waals surface area contributed by atoms with E-state index in [0.29, 0.717) is 19.1 Å². The van der Waals surface area contributed by atoms with Crippen LogP contribution in [-0.4, -0.2) is 50.5 Å². The predicted octanol–water partition coefficient (Wildman–Crippen LogP) is 2.63. The molecule has 0 atom stereocenters. The molecule has 24 heavy (non-hydrogen) atoms. The fourth-order valence-electron chi connectivity index (χ4n) is 3.29. The lowest BCUT2D eigenvalue weighted by Gasteiger charge is -2.33. The van der Waals surface area contributed by atoms with Gasteiger partial charge in [-0.25, -0.2) is 0 Å². The Morgan fingerprint density at radius 2 is 1.96 bits per heavy atom. The van der Waals surface area contributed by atoms with Crippen molar-refractivity contribution in [2.75, 3.05) is 33.4 Å². The van der Waals surface area contributed by atoms with E-state index in [2.05, 4.69) is 0 Å². The van der Waals surface area contributed by atoms with Crippen molar-refractivity contribution < 1.29 is 19.0 Å². The largest absolute Gasteiger partial charge is 0.496 e. The average Bonchev–Trinajstić information content (AvgIpc) is 3.14. The van der Waals surface area contributed by atoms with Gasteiger partial charge in [-0.3, -0.25) is 4.79 Å². The van der Waals surface area contributed by atoms with E-state index in [1.807, 2.05) is 36.1 Å². The molecular weight excluding hydrogens is 306 g/mol. The normalized spacial score (nSPS) is 20.0. The molecule has 2 aliphatic heterocycles. The van der Waals surface area contributed by atoms with Gasteiger partial charge in [0.2, 0.25) is 5.91 Å². The van der Waals surface area contributed by atoms with Gasteiger partial charge in [0.1, 0.15) is 5.75 Å². The van der Waals surface area contributed by atoms with Crippen LogP contribution >= 0.6 is 0 Å². The first-order valence-electron chi connectivity index (χ1n) is 8.52. The van der Waals surface area contributed by atoms with Gasteiger partial charge in [0.05, 0.1) is 20.3 Å². The van der Waals surface area contributed by atoms with Crippen molar-refractivity contribution in [1.29, 1.82) is 0 Å². The van der Waals surface area contributed by atoms with E-state index >= 15 is 0 Å². The maximum atomic E-state index is 12.4. The number of piperidine rings is 1. The van der Waals surface area contributed by atoms with Crippen LogP contribution in [0.3, 0.4) is 0 Å². The summed E-state index contributed by atoms with van der Waals surface area (Å²) in [7, 11) is 1.64. The minimum Gasteiger partial charge on any atom is -0.496 e. The Morgan fingerprint density at radius 3 is 2.62 bits per heavy atom. The summed E-state index contributed by atoms with van der Waals surface area (Å²) in [6.07, 6.45) is 5.26. The number of aryl methyl sites for hydroxylation is 1. The lowest BCUT2D eigenvalue weighted by molar-refractivity contribution is -0.131. The van der Waals surface area contributed by atoms with E-state index in [4.69, 9.17) is 14.2 Å². The lowest BCUT2D eigenvalue weighted by atomic mass is 9.96. The molecule has 2 saturated heterocycles. The molecule has 0 saturated carbocycles. The minimum absolute atomic E-state index is 0.0465. The van der Waals surface area contributed by atoms with Crippen LogP contribution < -0.4 is 4.74 Å². The Kier molecular flexibility index (Phi) is 5.53. The highest BCUT2D eigenvalue weighted by Crippen LogP contribution is 2.26. The van der Waals surface area contributed by atoms with Crippen LogP contribution in [0.25, 0.3) is 6.08 Å². The van der Waals surface area contributed by atoms with Crippen LogP contribution in [0.15, 0.2) is 24.3 Å². The molecular formula is C19H25NO4. The van der Waals surface area contributed by atoms with Crippen LogP contribution in [0.1, 0.15) is 24.0 Å². The number of carbonyl (C=O) groups is 1. The topological polar surface area (TPSA) is 48.0 Å². The van der Waals surface area contributed by atoms with Crippen LogP contribution in [0.4, 0.5) is 0 Å². The van der Waals surface area contributed by atoms with Crippen LogP contribution in [0.2, 0.25) is 0 Å². The SMILES string of the molecule is COc1ccc(C)cc1/C=C/C(=O)N1CCC(C2OCCO2)CC1. The maximum Gasteiger partial charge on any atom is 0.246 e. The van der Waals surface area contributed by atoms with Crippen molar-refractivity contribution in [3.8, 4) is 5.75 Å². The summed E-state index contributed by atoms with van der Waals surface area (Å²) in [5, 5.41) is 0. The second-order valence-corrected chi connectivity index (χ2v) is 6.35. The zero-order valence-electron chi connectivity index (χ0n) is 14.4. The molecule has 0 radical (unpaired) electrons. The van der Waals surface area contributed by atoms with Crippen molar-refractivity contribution in [2.45, 2.75) is 26.1 Å². The van der Waals surface area contributed by atoms with Gasteiger partial charge in [-0.15, -0.1) is 0 Å². The maximum absolute atomic E-state index is 12.4. The standard InChI is InChI=1S/C19H25NO4/c1-14-3-5-17(22-2)16(13-14)4-6-18(21)20-9-7-15(8-10-20)19-23-11-12-24-19/h3-6,13,15,19H,7-12H2,1-2H3/b6-4+. The van der Waals surface area contributed by atoms with Crippen molar-refractivity contribution in [1.82, 2.24) is 4.90 Å². The first-order chi connectivity index (χ1) is 11.7. The zero-order chi connectivity index (χ0) is 16.9. The van der Waals surface area contributed by atoms with E-state index in [1.54, 1.807) is 13.2 Å². The summed E-state index contributed by atoms with van der Waals surface area (Å²) in [6, 6.07) is 5.94. The van der Waals surface area contributed by atoms with E-state index in [9.17, 15) is 4.79 Å². The monoisotopic (exact) mass is 331 g/mol. The van der Waals surface area contributed by atoms with Gasteiger partial charge in [-0.2, -0.15) is 0 Å². The van der Waals surface area contributed by atoms with Crippen molar-refractivity contribution in [3.63, 3.8) is 0 Å². The fraction of sp³-hybridized carbons (Fsp3) is 0.526. The van der Waals surface area contributed by atoms with Gasteiger partial charge >= 0.3 is 0 Å². The van der Waals surface area contributed by atoms with Gasteiger partial charge in [0.25, 0.3) is 0 Å². The Balaban J connectivity index is 1.57. The number of hydrogen-bond acceptors (Lipinski definition) is 4. The zero-order valence-corrected chi connectivity index (χ0v) is 14.4. The number of benzene rings is 1. The van der Waals surface area contributed by atoms with Crippen LogP contribution in [0, 0.1) is 12.8 Å². The van der Waals surface area contributed by atoms with E-state index in [-0.39, 0.29) is 12.2 Å². The van der Waals surface area contributed by atoms with Crippen molar-refractivity contribution >= 4 is 12.0 Å². The minimum atomic E-state index is -0.0747. The second kappa shape index (κ2) is 7.81. The molecule has 1 amide bonds. The molecule has 2 heterocycles. The third kappa shape index (κ3) is 3.97. The molecule has 1 aromatic rings.